The van der Waals surface area contributed by atoms with Gasteiger partial charge in [0.1, 0.15) is 5.82 Å². The molecule has 0 N–H and O–H groups in total. The Balaban J connectivity index is 2.09. The van der Waals surface area contributed by atoms with E-state index in [-0.39, 0.29) is 5.82 Å². The first-order valence-electron chi connectivity index (χ1n) is 4.83. The molecule has 2 rings (SSSR count). The molecule has 2 nitrogen and oxygen atoms in total. The fraction of sp³-hybridized carbons (Fsp3) is 0.455. The first-order valence-corrected chi connectivity index (χ1v) is 4.83. The summed E-state index contributed by atoms with van der Waals surface area (Å²) in [5.74, 6) is -0.177. The van der Waals surface area contributed by atoms with Crippen LogP contribution < -0.4 is 4.90 Å². The Morgan fingerprint density at radius 1 is 1.50 bits per heavy atom. The molecule has 1 aliphatic rings. The fourth-order valence-corrected chi connectivity index (χ4v) is 1.83. The summed E-state index contributed by atoms with van der Waals surface area (Å²) in [5.41, 5.74) is 0.949. The number of hydrogen-bond donors (Lipinski definition) is 0. The topological polar surface area (TPSA) is 12.5 Å². The molecule has 14 heavy (non-hydrogen) atoms. The summed E-state index contributed by atoms with van der Waals surface area (Å²) < 4.78 is 18.2. The maximum atomic E-state index is 12.9. The van der Waals surface area contributed by atoms with Crippen LogP contribution in [0.25, 0.3) is 0 Å². The molecule has 0 unspecified atom stereocenters. The molecule has 1 atom stereocenters. The molecule has 1 aliphatic heterocycles. The van der Waals surface area contributed by atoms with Gasteiger partial charge < -0.3 is 9.64 Å². The second-order valence-corrected chi connectivity index (χ2v) is 3.57. The molecule has 0 bridgehead atoms. The number of methoxy groups -OCH3 is 1. The normalized spacial score (nSPS) is 21.6. The largest absolute Gasteiger partial charge is 0.380 e. The number of benzene rings is 1. The van der Waals surface area contributed by atoms with Crippen molar-refractivity contribution in [2.45, 2.75) is 12.5 Å². The van der Waals surface area contributed by atoms with Crippen LogP contribution in [0.15, 0.2) is 24.3 Å². The van der Waals surface area contributed by atoms with E-state index in [9.17, 15) is 4.39 Å². The Kier molecular flexibility index (Phi) is 2.68. The Morgan fingerprint density at radius 2 is 2.36 bits per heavy atom. The van der Waals surface area contributed by atoms with Gasteiger partial charge in [0.15, 0.2) is 0 Å². The van der Waals surface area contributed by atoms with Crippen molar-refractivity contribution < 1.29 is 9.13 Å². The van der Waals surface area contributed by atoms with E-state index >= 15 is 0 Å². The van der Waals surface area contributed by atoms with Crippen molar-refractivity contribution in [2.24, 2.45) is 0 Å². The predicted molar refractivity (Wildman–Crippen MR) is 54.0 cm³/mol. The summed E-state index contributed by atoms with van der Waals surface area (Å²) in [4.78, 5) is 2.15. The summed E-state index contributed by atoms with van der Waals surface area (Å²) in [5, 5.41) is 0. The van der Waals surface area contributed by atoms with Crippen LogP contribution in [0.4, 0.5) is 10.1 Å². The molecular weight excluding hydrogens is 181 g/mol. The average molecular weight is 195 g/mol. The Bertz CT molecular complexity index is 316. The molecule has 3 heteroatoms. The maximum absolute atomic E-state index is 12.9. The van der Waals surface area contributed by atoms with Gasteiger partial charge in [-0.15, -0.1) is 0 Å². The lowest BCUT2D eigenvalue weighted by Gasteiger charge is -2.18. The second kappa shape index (κ2) is 3.96. The highest BCUT2D eigenvalue weighted by Crippen LogP contribution is 2.21. The van der Waals surface area contributed by atoms with Gasteiger partial charge in [0.2, 0.25) is 0 Å². The van der Waals surface area contributed by atoms with E-state index in [0.29, 0.717) is 6.10 Å². The third-order valence-electron chi connectivity index (χ3n) is 2.65. The van der Waals surface area contributed by atoms with Crippen molar-refractivity contribution in [3.05, 3.63) is 30.1 Å². The van der Waals surface area contributed by atoms with E-state index < -0.39 is 0 Å². The predicted octanol–water partition coefficient (Wildman–Crippen LogP) is 2.05. The first-order chi connectivity index (χ1) is 6.79. The van der Waals surface area contributed by atoms with Gasteiger partial charge in [-0.05, 0) is 24.6 Å². The molecule has 1 aromatic rings. The zero-order valence-electron chi connectivity index (χ0n) is 8.24. The fourth-order valence-electron chi connectivity index (χ4n) is 1.83. The molecule has 1 heterocycles. The van der Waals surface area contributed by atoms with E-state index in [1.54, 1.807) is 19.2 Å². The van der Waals surface area contributed by atoms with Crippen LogP contribution in [0.2, 0.25) is 0 Å². The van der Waals surface area contributed by atoms with Gasteiger partial charge in [0.05, 0.1) is 6.10 Å². The van der Waals surface area contributed by atoms with Crippen LogP contribution in [0.5, 0.6) is 0 Å². The monoisotopic (exact) mass is 195 g/mol. The Morgan fingerprint density at radius 3 is 3.00 bits per heavy atom. The first kappa shape index (κ1) is 9.46. The van der Waals surface area contributed by atoms with Gasteiger partial charge in [-0.3, -0.25) is 0 Å². The van der Waals surface area contributed by atoms with Crippen LogP contribution in [0.3, 0.4) is 0 Å². The number of halogens is 1. The van der Waals surface area contributed by atoms with E-state index in [1.807, 2.05) is 6.07 Å². The van der Waals surface area contributed by atoms with Crippen molar-refractivity contribution in [1.82, 2.24) is 0 Å². The summed E-state index contributed by atoms with van der Waals surface area (Å²) >= 11 is 0. The molecule has 0 aliphatic carbocycles. The average Bonchev–Trinajstić information content (AvgIpc) is 2.66. The highest BCUT2D eigenvalue weighted by atomic mass is 19.1. The Hall–Kier alpha value is -1.09. The number of ether oxygens (including phenoxy) is 1. The molecule has 0 radical (unpaired) electrons. The molecule has 0 amide bonds. The standard InChI is InChI=1S/C11H14FNO/c1-14-11-5-6-13(8-11)10-4-2-3-9(12)7-10/h2-4,7,11H,5-6,8H2,1H3/t11-/m1/s1. The lowest BCUT2D eigenvalue weighted by molar-refractivity contribution is 0.121. The number of rotatable bonds is 2. The zero-order valence-corrected chi connectivity index (χ0v) is 8.24. The molecule has 1 saturated heterocycles. The molecule has 0 saturated carbocycles. The van der Waals surface area contributed by atoms with Crippen LogP contribution in [-0.2, 0) is 4.74 Å². The number of anilines is 1. The zero-order chi connectivity index (χ0) is 9.97. The van der Waals surface area contributed by atoms with Crippen LogP contribution >= 0.6 is 0 Å². The number of nitrogens with zero attached hydrogens (tertiary/aromatic N) is 1. The van der Waals surface area contributed by atoms with Crippen molar-refractivity contribution in [3.63, 3.8) is 0 Å². The van der Waals surface area contributed by atoms with Gasteiger partial charge in [-0.1, -0.05) is 6.07 Å². The van der Waals surface area contributed by atoms with Gasteiger partial charge >= 0.3 is 0 Å². The van der Waals surface area contributed by atoms with E-state index in [0.717, 1.165) is 25.2 Å². The maximum Gasteiger partial charge on any atom is 0.125 e. The molecule has 0 spiro atoms. The summed E-state index contributed by atoms with van der Waals surface area (Å²) in [7, 11) is 1.72. The molecule has 76 valence electrons. The number of hydrogen-bond acceptors (Lipinski definition) is 2. The third kappa shape index (κ3) is 1.87. The smallest absolute Gasteiger partial charge is 0.125 e. The summed E-state index contributed by atoms with van der Waals surface area (Å²) in [6, 6.07) is 6.71. The van der Waals surface area contributed by atoms with Crippen molar-refractivity contribution in [3.8, 4) is 0 Å². The summed E-state index contributed by atoms with van der Waals surface area (Å²) in [6.07, 6.45) is 1.31. The van der Waals surface area contributed by atoms with Crippen LogP contribution in [0, 0.1) is 5.82 Å². The lowest BCUT2D eigenvalue weighted by Crippen LogP contribution is -2.22. The second-order valence-electron chi connectivity index (χ2n) is 3.57. The third-order valence-corrected chi connectivity index (χ3v) is 2.65. The molecular formula is C11H14FNO. The van der Waals surface area contributed by atoms with Crippen LogP contribution in [-0.4, -0.2) is 26.3 Å². The van der Waals surface area contributed by atoms with Gasteiger partial charge in [-0.25, -0.2) is 4.39 Å². The minimum atomic E-state index is -0.177. The van der Waals surface area contributed by atoms with Crippen molar-refractivity contribution >= 4 is 5.69 Å². The van der Waals surface area contributed by atoms with Crippen molar-refractivity contribution in [1.29, 1.82) is 0 Å². The highest BCUT2D eigenvalue weighted by Gasteiger charge is 2.22. The SMILES string of the molecule is CO[C@@H]1CCN(c2cccc(F)c2)C1. The van der Waals surface area contributed by atoms with E-state index in [2.05, 4.69) is 4.90 Å². The summed E-state index contributed by atoms with van der Waals surface area (Å²) in [6.45, 7) is 1.81. The van der Waals surface area contributed by atoms with Gasteiger partial charge in [0, 0.05) is 25.9 Å². The molecule has 1 fully saturated rings. The molecule has 1 aromatic carbocycles. The van der Waals surface area contributed by atoms with Crippen LogP contribution in [0.1, 0.15) is 6.42 Å². The van der Waals surface area contributed by atoms with Gasteiger partial charge in [-0.2, -0.15) is 0 Å². The minimum absolute atomic E-state index is 0.177. The van der Waals surface area contributed by atoms with E-state index in [4.69, 9.17) is 4.74 Å². The quantitative estimate of drug-likeness (QED) is 0.716. The van der Waals surface area contributed by atoms with Gasteiger partial charge in [0.25, 0.3) is 0 Å². The highest BCUT2D eigenvalue weighted by molar-refractivity contribution is 5.47. The Labute approximate surface area is 83.3 Å². The molecule has 0 aromatic heterocycles. The lowest BCUT2D eigenvalue weighted by atomic mass is 10.3. The minimum Gasteiger partial charge on any atom is -0.380 e. The van der Waals surface area contributed by atoms with Crippen molar-refractivity contribution in [2.75, 3.05) is 25.1 Å². The van der Waals surface area contributed by atoms with E-state index in [1.165, 1.54) is 6.07 Å².